The maximum atomic E-state index is 12.5. The van der Waals surface area contributed by atoms with Crippen LogP contribution in [0.4, 0.5) is 11.4 Å². The highest BCUT2D eigenvalue weighted by Crippen LogP contribution is 2.38. The van der Waals surface area contributed by atoms with E-state index in [0.29, 0.717) is 47.8 Å². The van der Waals surface area contributed by atoms with E-state index in [1.165, 1.54) is 6.20 Å². The molecule has 196 valence electrons. The van der Waals surface area contributed by atoms with Gasteiger partial charge in [0.2, 0.25) is 5.91 Å². The van der Waals surface area contributed by atoms with Gasteiger partial charge in [-0.15, -0.1) is 11.8 Å². The Morgan fingerprint density at radius 2 is 1.92 bits per heavy atom. The van der Waals surface area contributed by atoms with Gasteiger partial charge in [0.25, 0.3) is 5.91 Å². The minimum atomic E-state index is -0.591. The van der Waals surface area contributed by atoms with Crippen LogP contribution in [-0.2, 0) is 17.8 Å². The van der Waals surface area contributed by atoms with Crippen LogP contribution in [0.15, 0.2) is 36.5 Å². The van der Waals surface area contributed by atoms with E-state index in [1.54, 1.807) is 11.8 Å². The molecule has 3 aromatic rings. The zero-order valence-corrected chi connectivity index (χ0v) is 22.2. The molecule has 1 aromatic heterocycles. The number of aromatic nitrogens is 1. The Labute approximate surface area is 220 Å². The normalized spacial score (nSPS) is 14.9. The van der Waals surface area contributed by atoms with Crippen LogP contribution >= 0.6 is 11.8 Å². The van der Waals surface area contributed by atoms with Crippen LogP contribution in [0.2, 0.25) is 0 Å². The number of nitrogens with one attached hydrogen (secondary N) is 3. The summed E-state index contributed by atoms with van der Waals surface area (Å²) in [7, 11) is 0. The molecule has 4 rings (SSSR count). The van der Waals surface area contributed by atoms with Gasteiger partial charge < -0.3 is 25.8 Å². The van der Waals surface area contributed by atoms with Crippen molar-refractivity contribution in [2.24, 2.45) is 5.73 Å². The number of nitrogens with zero attached hydrogens (tertiary/aromatic N) is 1. The number of amides is 2. The summed E-state index contributed by atoms with van der Waals surface area (Å²) in [6.07, 6.45) is 2.20. The van der Waals surface area contributed by atoms with Gasteiger partial charge >= 0.3 is 0 Å². The van der Waals surface area contributed by atoms with Crippen LogP contribution < -0.4 is 31.2 Å². The summed E-state index contributed by atoms with van der Waals surface area (Å²) in [5.74, 6) is 2.12. The van der Waals surface area contributed by atoms with Gasteiger partial charge in [-0.1, -0.05) is 19.1 Å². The first-order valence-corrected chi connectivity index (χ1v) is 13.6. The topological polar surface area (TPSA) is 128 Å². The minimum Gasteiger partial charge on any atom is -0.490 e. The zero-order valence-electron chi connectivity index (χ0n) is 21.3. The molecule has 0 saturated carbocycles. The number of hydrogen-bond donors (Lipinski definition) is 4. The van der Waals surface area contributed by atoms with Crippen molar-refractivity contribution in [3.05, 3.63) is 53.2 Å². The molecule has 1 aliphatic heterocycles. The number of nitrogens with two attached hydrogens (primary N) is 1. The average molecular weight is 524 g/mol. The van der Waals surface area contributed by atoms with Crippen molar-refractivity contribution >= 4 is 45.9 Å². The van der Waals surface area contributed by atoms with Crippen molar-refractivity contribution in [3.8, 4) is 11.5 Å². The van der Waals surface area contributed by atoms with Crippen LogP contribution in [0.5, 0.6) is 11.5 Å². The number of primary amides is 1. The van der Waals surface area contributed by atoms with Gasteiger partial charge in [0.05, 0.1) is 36.0 Å². The van der Waals surface area contributed by atoms with Gasteiger partial charge in [-0.3, -0.25) is 19.9 Å². The smallest absolute Gasteiger partial charge is 0.252 e. The van der Waals surface area contributed by atoms with Gasteiger partial charge in [-0.05, 0) is 43.5 Å². The summed E-state index contributed by atoms with van der Waals surface area (Å²) >= 11 is 1.71. The number of benzene rings is 2. The highest BCUT2D eigenvalue weighted by molar-refractivity contribution is 7.99. The summed E-state index contributed by atoms with van der Waals surface area (Å²) < 4.78 is 11.6. The summed E-state index contributed by atoms with van der Waals surface area (Å²) in [6.45, 7) is 7.21. The van der Waals surface area contributed by atoms with Gasteiger partial charge in [0, 0.05) is 41.5 Å². The van der Waals surface area contributed by atoms with Crippen molar-refractivity contribution in [1.82, 2.24) is 15.6 Å². The second-order valence-electron chi connectivity index (χ2n) is 8.50. The molecule has 0 unspecified atom stereocenters. The fraction of sp³-hybridized carbons (Fsp3) is 0.370. The van der Waals surface area contributed by atoms with E-state index >= 15 is 0 Å². The van der Waals surface area contributed by atoms with Crippen molar-refractivity contribution in [2.45, 2.75) is 39.8 Å². The van der Waals surface area contributed by atoms with E-state index in [-0.39, 0.29) is 17.5 Å². The molecule has 1 saturated heterocycles. The van der Waals surface area contributed by atoms with Crippen molar-refractivity contribution < 1.29 is 19.1 Å². The molecule has 0 radical (unpaired) electrons. The summed E-state index contributed by atoms with van der Waals surface area (Å²) in [4.78, 5) is 29.4. The monoisotopic (exact) mass is 523 g/mol. The van der Waals surface area contributed by atoms with Crippen LogP contribution in [0.25, 0.3) is 10.9 Å². The Bertz CT molecular complexity index is 1290. The first-order chi connectivity index (χ1) is 18.0. The molecule has 0 aliphatic carbocycles. The molecule has 1 aliphatic rings. The lowest BCUT2D eigenvalue weighted by atomic mass is 10.0. The lowest BCUT2D eigenvalue weighted by Crippen LogP contribution is -2.41. The fourth-order valence-corrected chi connectivity index (χ4v) is 5.34. The zero-order chi connectivity index (χ0) is 26.4. The Morgan fingerprint density at radius 1 is 1.16 bits per heavy atom. The third kappa shape index (κ3) is 5.91. The number of rotatable bonds is 11. The van der Waals surface area contributed by atoms with Crippen LogP contribution in [0, 0.1) is 0 Å². The number of ether oxygens (including phenoxy) is 2. The predicted molar refractivity (Wildman–Crippen MR) is 148 cm³/mol. The maximum absolute atomic E-state index is 12.5. The Balaban J connectivity index is 1.73. The molecule has 1 atom stereocenters. The van der Waals surface area contributed by atoms with Crippen LogP contribution in [0.1, 0.15) is 42.3 Å². The number of carbonyl (C=O) groups is 2. The number of thioether (sulfide) groups is 1. The number of hydrogen-bond acceptors (Lipinski definition) is 8. The molecule has 37 heavy (non-hydrogen) atoms. The molecule has 9 nitrogen and oxygen atoms in total. The number of pyridine rings is 1. The van der Waals surface area contributed by atoms with Gasteiger partial charge in [-0.2, -0.15) is 0 Å². The van der Waals surface area contributed by atoms with E-state index in [1.807, 2.05) is 44.2 Å². The van der Waals surface area contributed by atoms with Gasteiger partial charge in [-0.25, -0.2) is 0 Å². The molecule has 0 bridgehead atoms. The maximum Gasteiger partial charge on any atom is 0.252 e. The van der Waals surface area contributed by atoms with E-state index in [2.05, 4.69) is 27.9 Å². The standard InChI is InChI=1S/C27H33N5O4S/c1-4-17-16(12-30-27(34)22-14-37-15-31-22)8-7-9-20(17)32-25-18-10-23(35-5-2)24(36-6-3)11-21(18)29-13-19(25)26(28)33/h7-11,13,22,31H,4-6,12,14-15H2,1-3H3,(H2,28,33)(H,29,32)(H,30,34)/t22-/m0/s1. The Hall–Kier alpha value is -3.50. The Kier molecular flexibility index (Phi) is 8.73. The number of fused-ring (bicyclic) bond motifs is 1. The molecular formula is C27H33N5O4S. The van der Waals surface area contributed by atoms with Crippen LogP contribution in [-0.4, -0.2) is 47.7 Å². The quantitative estimate of drug-likeness (QED) is 0.300. The van der Waals surface area contributed by atoms with E-state index in [9.17, 15) is 9.59 Å². The first-order valence-electron chi connectivity index (χ1n) is 12.5. The molecule has 10 heteroatoms. The molecular weight excluding hydrogens is 490 g/mol. The lowest BCUT2D eigenvalue weighted by molar-refractivity contribution is -0.122. The molecule has 0 spiro atoms. The highest BCUT2D eigenvalue weighted by atomic mass is 32.2. The predicted octanol–water partition coefficient (Wildman–Crippen LogP) is 3.72. The second-order valence-corrected chi connectivity index (χ2v) is 9.53. The first kappa shape index (κ1) is 26.6. The summed E-state index contributed by atoms with van der Waals surface area (Å²) in [5.41, 5.74) is 10.1. The summed E-state index contributed by atoms with van der Waals surface area (Å²) in [5, 5.41) is 10.4. The summed E-state index contributed by atoms with van der Waals surface area (Å²) in [6, 6.07) is 9.35. The van der Waals surface area contributed by atoms with E-state index < -0.39 is 5.91 Å². The van der Waals surface area contributed by atoms with Gasteiger partial charge in [0.15, 0.2) is 11.5 Å². The number of carbonyl (C=O) groups excluding carboxylic acids is 2. The number of anilines is 2. The van der Waals surface area contributed by atoms with E-state index in [4.69, 9.17) is 15.2 Å². The molecule has 5 N–H and O–H groups in total. The third-order valence-electron chi connectivity index (χ3n) is 6.17. The molecule has 2 aromatic carbocycles. The average Bonchev–Trinajstić information content (AvgIpc) is 3.43. The largest absolute Gasteiger partial charge is 0.490 e. The highest BCUT2D eigenvalue weighted by Gasteiger charge is 2.23. The SMILES string of the molecule is CCOc1cc2ncc(C(N)=O)c(Nc3cccc(CNC(=O)[C@@H]4CSCN4)c3CC)c2cc1OCC. The molecule has 2 amide bonds. The van der Waals surface area contributed by atoms with Crippen LogP contribution in [0.3, 0.4) is 0 Å². The third-order valence-corrected chi connectivity index (χ3v) is 7.11. The minimum absolute atomic E-state index is 0.00452. The van der Waals surface area contributed by atoms with Crippen molar-refractivity contribution in [3.63, 3.8) is 0 Å². The fourth-order valence-electron chi connectivity index (χ4n) is 4.40. The van der Waals surface area contributed by atoms with Gasteiger partial charge in [0.1, 0.15) is 0 Å². The van der Waals surface area contributed by atoms with Crippen molar-refractivity contribution in [2.75, 3.05) is 30.2 Å². The van der Waals surface area contributed by atoms with E-state index in [0.717, 1.165) is 34.9 Å². The van der Waals surface area contributed by atoms with Crippen molar-refractivity contribution in [1.29, 1.82) is 0 Å². The second kappa shape index (κ2) is 12.2. The lowest BCUT2D eigenvalue weighted by Gasteiger charge is -2.20. The molecule has 1 fully saturated rings. The Morgan fingerprint density at radius 3 is 2.57 bits per heavy atom. The molecule has 2 heterocycles.